The van der Waals surface area contributed by atoms with E-state index in [1.54, 1.807) is 0 Å². The van der Waals surface area contributed by atoms with Crippen LogP contribution in [-0.4, -0.2) is 24.3 Å². The van der Waals surface area contributed by atoms with Crippen molar-refractivity contribution in [2.24, 2.45) is 5.73 Å². The molecule has 0 radical (unpaired) electrons. The van der Waals surface area contributed by atoms with Gasteiger partial charge in [-0.25, -0.2) is 13.2 Å². The van der Waals surface area contributed by atoms with Gasteiger partial charge in [0, 0.05) is 23.5 Å². The highest BCUT2D eigenvalue weighted by Crippen LogP contribution is 2.20. The highest BCUT2D eigenvalue weighted by molar-refractivity contribution is 9.10. The third kappa shape index (κ3) is 5.30. The Kier molecular flexibility index (Phi) is 6.56. The maximum absolute atomic E-state index is 13.7. The molecule has 0 saturated carbocycles. The van der Waals surface area contributed by atoms with Gasteiger partial charge >= 0.3 is 0 Å². The van der Waals surface area contributed by atoms with Crippen LogP contribution in [0.3, 0.4) is 0 Å². The smallest absolute Gasteiger partial charge is 0.252 e. The SMILES string of the molecule is NC(=O)c1cc(NC(=O)CCNC(=O)c2cc(F)ccc2Br)c(F)cc1F. The number of carbonyl (C=O) groups excluding carboxylic acids is 3. The summed E-state index contributed by atoms with van der Waals surface area (Å²) in [6.45, 7) is -0.126. The lowest BCUT2D eigenvalue weighted by atomic mass is 10.1. The summed E-state index contributed by atoms with van der Waals surface area (Å²) in [6, 6.07) is 4.78. The summed E-state index contributed by atoms with van der Waals surface area (Å²) in [4.78, 5) is 34.9. The second-order valence-corrected chi connectivity index (χ2v) is 6.21. The second kappa shape index (κ2) is 8.67. The Hall–Kier alpha value is -2.88. The fourth-order valence-electron chi connectivity index (χ4n) is 2.10. The molecule has 10 heteroatoms. The Morgan fingerprint density at radius 3 is 2.37 bits per heavy atom. The second-order valence-electron chi connectivity index (χ2n) is 5.35. The Balaban J connectivity index is 1.95. The van der Waals surface area contributed by atoms with Crippen LogP contribution in [-0.2, 0) is 4.79 Å². The number of primary amides is 1. The lowest BCUT2D eigenvalue weighted by Crippen LogP contribution is -2.28. The molecule has 4 N–H and O–H groups in total. The van der Waals surface area contributed by atoms with Crippen molar-refractivity contribution in [1.29, 1.82) is 0 Å². The molecule has 0 atom stereocenters. The zero-order valence-corrected chi connectivity index (χ0v) is 15.2. The van der Waals surface area contributed by atoms with Gasteiger partial charge < -0.3 is 16.4 Å². The summed E-state index contributed by atoms with van der Waals surface area (Å²) in [5.74, 6) is -5.26. The number of amides is 3. The molecule has 0 aliphatic carbocycles. The molecule has 0 saturated heterocycles. The van der Waals surface area contributed by atoms with Crippen LogP contribution in [0, 0.1) is 17.5 Å². The van der Waals surface area contributed by atoms with Crippen molar-refractivity contribution >= 4 is 39.3 Å². The number of hydrogen-bond donors (Lipinski definition) is 3. The summed E-state index contributed by atoms with van der Waals surface area (Å²) in [5.41, 5.74) is 4.02. The maximum atomic E-state index is 13.7. The number of benzene rings is 2. The van der Waals surface area contributed by atoms with Crippen LogP contribution in [0.25, 0.3) is 0 Å². The molecule has 2 aromatic rings. The molecule has 6 nitrogen and oxygen atoms in total. The van der Waals surface area contributed by atoms with Gasteiger partial charge in [0.2, 0.25) is 5.91 Å². The highest BCUT2D eigenvalue weighted by Gasteiger charge is 2.16. The van der Waals surface area contributed by atoms with E-state index in [-0.39, 0.29) is 18.5 Å². The van der Waals surface area contributed by atoms with E-state index < -0.39 is 46.4 Å². The van der Waals surface area contributed by atoms with Crippen LogP contribution < -0.4 is 16.4 Å². The summed E-state index contributed by atoms with van der Waals surface area (Å²) < 4.78 is 40.7. The Labute approximate surface area is 160 Å². The first kappa shape index (κ1) is 20.4. The monoisotopic (exact) mass is 443 g/mol. The molecular formula is C17H13BrF3N3O3. The van der Waals surface area contributed by atoms with Crippen molar-refractivity contribution in [2.45, 2.75) is 6.42 Å². The van der Waals surface area contributed by atoms with Gasteiger partial charge in [-0.1, -0.05) is 0 Å². The third-order valence-corrected chi connectivity index (χ3v) is 4.10. The molecule has 0 aliphatic rings. The maximum Gasteiger partial charge on any atom is 0.252 e. The van der Waals surface area contributed by atoms with Gasteiger partial charge in [0.25, 0.3) is 11.8 Å². The molecular weight excluding hydrogens is 431 g/mol. The first-order valence-electron chi connectivity index (χ1n) is 7.51. The van der Waals surface area contributed by atoms with Gasteiger partial charge in [0.15, 0.2) is 0 Å². The molecule has 0 heterocycles. The number of carbonyl (C=O) groups is 3. The molecule has 142 valence electrons. The Morgan fingerprint density at radius 2 is 1.70 bits per heavy atom. The lowest BCUT2D eigenvalue weighted by Gasteiger charge is -2.10. The van der Waals surface area contributed by atoms with Crippen LogP contribution in [0.5, 0.6) is 0 Å². The topological polar surface area (TPSA) is 101 Å². The summed E-state index contributed by atoms with van der Waals surface area (Å²) in [7, 11) is 0. The molecule has 2 aromatic carbocycles. The molecule has 0 spiro atoms. The van der Waals surface area contributed by atoms with Gasteiger partial charge in [-0.05, 0) is 40.2 Å². The van der Waals surface area contributed by atoms with Crippen LogP contribution in [0.15, 0.2) is 34.8 Å². The fourth-order valence-corrected chi connectivity index (χ4v) is 2.53. The van der Waals surface area contributed by atoms with Crippen LogP contribution in [0.4, 0.5) is 18.9 Å². The van der Waals surface area contributed by atoms with Crippen molar-refractivity contribution in [2.75, 3.05) is 11.9 Å². The number of rotatable bonds is 6. The first-order chi connectivity index (χ1) is 12.7. The van der Waals surface area contributed by atoms with Crippen molar-refractivity contribution in [3.63, 3.8) is 0 Å². The van der Waals surface area contributed by atoms with Crippen LogP contribution in [0.1, 0.15) is 27.1 Å². The quantitative estimate of drug-likeness (QED) is 0.639. The van der Waals surface area contributed by atoms with E-state index in [1.807, 2.05) is 0 Å². The van der Waals surface area contributed by atoms with E-state index in [9.17, 15) is 27.6 Å². The van der Waals surface area contributed by atoms with E-state index in [1.165, 1.54) is 12.1 Å². The number of hydrogen-bond acceptors (Lipinski definition) is 3. The molecule has 0 fully saturated rings. The van der Waals surface area contributed by atoms with Crippen molar-refractivity contribution in [3.8, 4) is 0 Å². The zero-order valence-electron chi connectivity index (χ0n) is 13.6. The number of anilines is 1. The normalized spacial score (nSPS) is 10.4. The summed E-state index contributed by atoms with van der Waals surface area (Å²) in [6.07, 6.45) is -0.249. The minimum atomic E-state index is -1.15. The number of halogens is 4. The summed E-state index contributed by atoms with van der Waals surface area (Å²) >= 11 is 3.11. The van der Waals surface area contributed by atoms with E-state index in [0.717, 1.165) is 12.1 Å². The van der Waals surface area contributed by atoms with E-state index in [0.29, 0.717) is 10.5 Å². The van der Waals surface area contributed by atoms with Crippen LogP contribution >= 0.6 is 15.9 Å². The molecule has 3 amide bonds. The predicted octanol–water partition coefficient (Wildman–Crippen LogP) is 2.72. The minimum Gasteiger partial charge on any atom is -0.366 e. The Morgan fingerprint density at radius 1 is 1.00 bits per heavy atom. The van der Waals surface area contributed by atoms with Gasteiger partial charge in [0.1, 0.15) is 17.5 Å². The predicted molar refractivity (Wildman–Crippen MR) is 94.6 cm³/mol. The van der Waals surface area contributed by atoms with Crippen molar-refractivity contribution < 1.29 is 27.6 Å². The van der Waals surface area contributed by atoms with Gasteiger partial charge in [-0.2, -0.15) is 0 Å². The molecule has 27 heavy (non-hydrogen) atoms. The number of nitrogens with one attached hydrogen (secondary N) is 2. The van der Waals surface area contributed by atoms with E-state index >= 15 is 0 Å². The molecule has 0 unspecified atom stereocenters. The van der Waals surface area contributed by atoms with Crippen LogP contribution in [0.2, 0.25) is 0 Å². The summed E-state index contributed by atoms with van der Waals surface area (Å²) in [5, 5.41) is 4.57. The third-order valence-electron chi connectivity index (χ3n) is 3.41. The Bertz CT molecular complexity index is 922. The van der Waals surface area contributed by atoms with Crippen molar-refractivity contribution in [3.05, 3.63) is 63.4 Å². The standard InChI is InChI=1S/C17H13BrF3N3O3/c18-11-2-1-8(19)5-9(11)17(27)23-4-3-15(25)24-14-6-10(16(22)26)12(20)7-13(14)21/h1-2,5-7H,3-4H2,(H2,22,26)(H,23,27)(H,24,25). The lowest BCUT2D eigenvalue weighted by molar-refractivity contribution is -0.116. The zero-order chi connectivity index (χ0) is 20.1. The molecule has 2 rings (SSSR count). The highest BCUT2D eigenvalue weighted by atomic mass is 79.9. The van der Waals surface area contributed by atoms with Gasteiger partial charge in [-0.3, -0.25) is 14.4 Å². The molecule has 0 bridgehead atoms. The van der Waals surface area contributed by atoms with E-state index in [2.05, 4.69) is 26.6 Å². The largest absolute Gasteiger partial charge is 0.366 e. The minimum absolute atomic E-state index is 0.0473. The average Bonchev–Trinajstić information content (AvgIpc) is 2.59. The van der Waals surface area contributed by atoms with Gasteiger partial charge in [0.05, 0.1) is 16.8 Å². The fraction of sp³-hybridized carbons (Fsp3) is 0.118. The average molecular weight is 444 g/mol. The van der Waals surface area contributed by atoms with Crippen molar-refractivity contribution in [1.82, 2.24) is 5.32 Å². The van der Waals surface area contributed by atoms with E-state index in [4.69, 9.17) is 5.73 Å². The number of nitrogens with two attached hydrogens (primary N) is 1. The molecule has 0 aliphatic heterocycles. The first-order valence-corrected chi connectivity index (χ1v) is 8.30. The molecule has 0 aromatic heterocycles. The van der Waals surface area contributed by atoms with Gasteiger partial charge in [-0.15, -0.1) is 0 Å².